The van der Waals surface area contributed by atoms with Crippen LogP contribution in [0.1, 0.15) is 17.0 Å². The first kappa shape index (κ1) is 13.3. The topological polar surface area (TPSA) is 41.6 Å². The Morgan fingerprint density at radius 2 is 1.95 bits per heavy atom. The van der Waals surface area contributed by atoms with Gasteiger partial charge in [0, 0.05) is 13.5 Å². The third kappa shape index (κ3) is 2.15. The summed E-state index contributed by atoms with van der Waals surface area (Å²) in [5, 5.41) is 9.10. The van der Waals surface area contributed by atoms with Gasteiger partial charge >= 0.3 is 0 Å². The molecule has 2 aromatic carbocycles. The van der Waals surface area contributed by atoms with E-state index in [-0.39, 0.29) is 12.0 Å². The quantitative estimate of drug-likeness (QED) is 0.724. The van der Waals surface area contributed by atoms with Gasteiger partial charge in [0.25, 0.3) is 0 Å². The fraction of sp³-hybridized carbons (Fsp3) is 0.125. The SMILES string of the molecule is Cn1c(Cc2cccc(F)c2F)nc2c(C#N)cccc21. The molecule has 5 heteroatoms. The Morgan fingerprint density at radius 3 is 2.71 bits per heavy atom. The molecule has 0 spiro atoms. The van der Waals surface area contributed by atoms with Crippen molar-refractivity contribution in [3.8, 4) is 6.07 Å². The van der Waals surface area contributed by atoms with Crippen LogP contribution in [-0.2, 0) is 13.5 Å². The zero-order valence-electron chi connectivity index (χ0n) is 11.3. The van der Waals surface area contributed by atoms with E-state index in [0.29, 0.717) is 16.9 Å². The maximum atomic E-state index is 13.8. The molecule has 104 valence electrons. The van der Waals surface area contributed by atoms with Crippen molar-refractivity contribution in [2.75, 3.05) is 0 Å². The van der Waals surface area contributed by atoms with Gasteiger partial charge in [0.2, 0.25) is 0 Å². The largest absolute Gasteiger partial charge is 0.331 e. The van der Waals surface area contributed by atoms with E-state index in [1.807, 2.05) is 6.07 Å². The van der Waals surface area contributed by atoms with Crippen molar-refractivity contribution in [3.63, 3.8) is 0 Å². The third-order valence-corrected chi connectivity index (χ3v) is 3.50. The molecule has 3 nitrogen and oxygen atoms in total. The highest BCUT2D eigenvalue weighted by atomic mass is 19.2. The molecule has 0 radical (unpaired) electrons. The van der Waals surface area contributed by atoms with Crippen LogP contribution in [0.25, 0.3) is 11.0 Å². The summed E-state index contributed by atoms with van der Waals surface area (Å²) in [6.45, 7) is 0. The van der Waals surface area contributed by atoms with Crippen LogP contribution >= 0.6 is 0 Å². The van der Waals surface area contributed by atoms with Crippen LogP contribution in [0.3, 0.4) is 0 Å². The van der Waals surface area contributed by atoms with E-state index in [1.165, 1.54) is 12.1 Å². The number of nitrogens with zero attached hydrogens (tertiary/aromatic N) is 3. The van der Waals surface area contributed by atoms with Gasteiger partial charge in [-0.3, -0.25) is 0 Å². The van der Waals surface area contributed by atoms with Gasteiger partial charge < -0.3 is 4.57 Å². The van der Waals surface area contributed by atoms with E-state index >= 15 is 0 Å². The van der Waals surface area contributed by atoms with Crippen molar-refractivity contribution in [3.05, 3.63) is 65.0 Å². The number of hydrogen-bond donors (Lipinski definition) is 0. The lowest BCUT2D eigenvalue weighted by Crippen LogP contribution is -2.02. The van der Waals surface area contributed by atoms with E-state index in [4.69, 9.17) is 5.26 Å². The number of aryl methyl sites for hydroxylation is 1. The normalized spacial score (nSPS) is 10.8. The molecule has 3 rings (SSSR count). The average molecular weight is 283 g/mol. The number of hydrogen-bond acceptors (Lipinski definition) is 2. The average Bonchev–Trinajstić information content (AvgIpc) is 2.81. The van der Waals surface area contributed by atoms with Crippen molar-refractivity contribution in [2.45, 2.75) is 6.42 Å². The fourth-order valence-corrected chi connectivity index (χ4v) is 2.37. The number of fused-ring (bicyclic) bond motifs is 1. The lowest BCUT2D eigenvalue weighted by atomic mass is 10.1. The van der Waals surface area contributed by atoms with Gasteiger partial charge in [0.1, 0.15) is 17.4 Å². The number of rotatable bonds is 2. The molecule has 1 aromatic heterocycles. The first-order valence-electron chi connectivity index (χ1n) is 6.39. The zero-order valence-corrected chi connectivity index (χ0v) is 11.3. The minimum Gasteiger partial charge on any atom is -0.331 e. The second kappa shape index (κ2) is 4.98. The summed E-state index contributed by atoms with van der Waals surface area (Å²) in [6, 6.07) is 11.5. The van der Waals surface area contributed by atoms with Gasteiger partial charge in [-0.1, -0.05) is 18.2 Å². The maximum Gasteiger partial charge on any atom is 0.162 e. The van der Waals surface area contributed by atoms with Gasteiger partial charge in [-0.25, -0.2) is 13.8 Å². The lowest BCUT2D eigenvalue weighted by Gasteiger charge is -2.04. The summed E-state index contributed by atoms with van der Waals surface area (Å²) < 4.78 is 28.8. The van der Waals surface area contributed by atoms with Crippen LogP contribution in [0.2, 0.25) is 0 Å². The minimum absolute atomic E-state index is 0.166. The predicted octanol–water partition coefficient (Wildman–Crippen LogP) is 3.31. The van der Waals surface area contributed by atoms with Gasteiger partial charge in [-0.2, -0.15) is 5.26 Å². The van der Waals surface area contributed by atoms with Crippen molar-refractivity contribution >= 4 is 11.0 Å². The summed E-state index contributed by atoms with van der Waals surface area (Å²) in [7, 11) is 1.79. The fourth-order valence-electron chi connectivity index (χ4n) is 2.37. The molecule has 3 aromatic rings. The van der Waals surface area contributed by atoms with Crippen LogP contribution in [0.15, 0.2) is 36.4 Å². The second-order valence-corrected chi connectivity index (χ2v) is 4.76. The lowest BCUT2D eigenvalue weighted by molar-refractivity contribution is 0.499. The van der Waals surface area contributed by atoms with Gasteiger partial charge in [-0.15, -0.1) is 0 Å². The molecule has 0 aliphatic heterocycles. The van der Waals surface area contributed by atoms with E-state index in [2.05, 4.69) is 11.1 Å². The third-order valence-electron chi connectivity index (χ3n) is 3.50. The molecule has 0 bridgehead atoms. The van der Waals surface area contributed by atoms with Gasteiger partial charge in [-0.05, 0) is 23.8 Å². The number of halogens is 2. The van der Waals surface area contributed by atoms with Crippen molar-refractivity contribution in [1.29, 1.82) is 5.26 Å². The monoisotopic (exact) mass is 283 g/mol. The molecule has 0 N–H and O–H groups in total. The highest BCUT2D eigenvalue weighted by Crippen LogP contribution is 2.21. The summed E-state index contributed by atoms with van der Waals surface area (Å²) in [4.78, 5) is 4.40. The van der Waals surface area contributed by atoms with Crippen molar-refractivity contribution in [2.24, 2.45) is 7.05 Å². The van der Waals surface area contributed by atoms with Crippen LogP contribution in [0.5, 0.6) is 0 Å². The molecule has 0 saturated carbocycles. The number of aromatic nitrogens is 2. The minimum atomic E-state index is -0.871. The van der Waals surface area contributed by atoms with E-state index in [0.717, 1.165) is 11.6 Å². The van der Waals surface area contributed by atoms with Crippen molar-refractivity contribution in [1.82, 2.24) is 9.55 Å². The van der Waals surface area contributed by atoms with Gasteiger partial charge in [0.05, 0.1) is 11.1 Å². The molecule has 0 atom stereocenters. The Hall–Kier alpha value is -2.74. The summed E-state index contributed by atoms with van der Waals surface area (Å²) in [5.74, 6) is -1.15. The van der Waals surface area contributed by atoms with Gasteiger partial charge in [0.15, 0.2) is 11.6 Å². The molecular weight excluding hydrogens is 272 g/mol. The van der Waals surface area contributed by atoms with Crippen molar-refractivity contribution < 1.29 is 8.78 Å². The van der Waals surface area contributed by atoms with Crippen LogP contribution in [0, 0.1) is 23.0 Å². The van der Waals surface area contributed by atoms with Crippen LogP contribution in [0.4, 0.5) is 8.78 Å². The molecular formula is C16H11F2N3. The number of para-hydroxylation sites is 1. The highest BCUT2D eigenvalue weighted by Gasteiger charge is 2.14. The van der Waals surface area contributed by atoms with Crippen LogP contribution < -0.4 is 0 Å². The number of imidazole rings is 1. The first-order chi connectivity index (χ1) is 10.1. The molecule has 0 aliphatic carbocycles. The standard InChI is InChI=1S/C16H11F2N3/c1-21-13-7-3-5-11(9-19)16(13)20-14(21)8-10-4-2-6-12(17)15(10)18/h2-7H,8H2,1H3. The summed E-state index contributed by atoms with van der Waals surface area (Å²) in [6.07, 6.45) is 0.166. The Bertz CT molecular complexity index is 875. The smallest absolute Gasteiger partial charge is 0.162 e. The molecule has 0 unspecified atom stereocenters. The summed E-state index contributed by atoms with van der Waals surface area (Å²) >= 11 is 0. The van der Waals surface area contributed by atoms with E-state index < -0.39 is 11.6 Å². The first-order valence-corrected chi connectivity index (χ1v) is 6.39. The maximum absolute atomic E-state index is 13.8. The Balaban J connectivity index is 2.12. The Morgan fingerprint density at radius 1 is 1.19 bits per heavy atom. The molecule has 1 heterocycles. The van der Waals surface area contributed by atoms with E-state index in [9.17, 15) is 8.78 Å². The second-order valence-electron chi connectivity index (χ2n) is 4.76. The molecule has 21 heavy (non-hydrogen) atoms. The van der Waals surface area contributed by atoms with E-state index in [1.54, 1.807) is 23.7 Å². The summed E-state index contributed by atoms with van der Waals surface area (Å²) in [5.41, 5.74) is 2.08. The number of benzene rings is 2. The molecule has 0 amide bonds. The predicted molar refractivity (Wildman–Crippen MR) is 74.6 cm³/mol. The number of nitriles is 1. The molecule has 0 fully saturated rings. The van der Waals surface area contributed by atoms with Crippen LogP contribution in [-0.4, -0.2) is 9.55 Å². The zero-order chi connectivity index (χ0) is 15.0. The highest BCUT2D eigenvalue weighted by molar-refractivity contribution is 5.82. The Kier molecular flexibility index (Phi) is 3.15. The molecule has 0 aliphatic rings. The molecule has 0 saturated heterocycles. The Labute approximate surface area is 120 Å².